The van der Waals surface area contributed by atoms with Crippen LogP contribution in [0.1, 0.15) is 35.6 Å². The lowest BCUT2D eigenvalue weighted by molar-refractivity contribution is -0.159. The summed E-state index contributed by atoms with van der Waals surface area (Å²) in [7, 11) is 0. The number of fused-ring (bicyclic) bond motifs is 3. The normalized spacial score (nSPS) is 13.8. The molecule has 0 heterocycles. The molecule has 2 atom stereocenters. The predicted molar refractivity (Wildman–Crippen MR) is 124 cm³/mol. The van der Waals surface area contributed by atoms with Gasteiger partial charge in [-0.2, -0.15) is 0 Å². The maximum Gasteiger partial charge on any atom is 0.408 e. The van der Waals surface area contributed by atoms with Crippen molar-refractivity contribution in [1.82, 2.24) is 10.8 Å². The van der Waals surface area contributed by atoms with Crippen LogP contribution in [0.5, 0.6) is 0 Å². The number of carbonyl (C=O) groups excluding carboxylic acids is 2. The van der Waals surface area contributed by atoms with Crippen LogP contribution in [0.2, 0.25) is 0 Å². The van der Waals surface area contributed by atoms with Crippen molar-refractivity contribution in [3.8, 4) is 11.1 Å². The van der Waals surface area contributed by atoms with Crippen molar-refractivity contribution in [3.63, 3.8) is 0 Å². The van der Waals surface area contributed by atoms with Crippen LogP contribution < -0.4 is 10.8 Å². The Bertz CT molecular complexity index is 1150. The number of hydroxylamine groups is 1. The van der Waals surface area contributed by atoms with E-state index in [1.54, 1.807) is 30.3 Å². The second kappa shape index (κ2) is 10.2. The van der Waals surface area contributed by atoms with Crippen LogP contribution in [-0.2, 0) is 19.2 Å². The van der Waals surface area contributed by atoms with E-state index in [-0.39, 0.29) is 12.5 Å². The number of rotatable bonds is 8. The van der Waals surface area contributed by atoms with Crippen molar-refractivity contribution >= 4 is 18.0 Å². The third kappa shape index (κ3) is 4.92. The van der Waals surface area contributed by atoms with Crippen molar-refractivity contribution < 1.29 is 29.1 Å². The third-order valence-corrected chi connectivity index (χ3v) is 5.69. The van der Waals surface area contributed by atoms with Gasteiger partial charge in [0, 0.05) is 5.92 Å². The molecule has 0 fully saturated rings. The third-order valence-electron chi connectivity index (χ3n) is 5.69. The Morgan fingerprint density at radius 3 is 2.03 bits per heavy atom. The van der Waals surface area contributed by atoms with Crippen molar-refractivity contribution in [2.45, 2.75) is 25.0 Å². The van der Waals surface area contributed by atoms with Gasteiger partial charge in [0.05, 0.1) is 0 Å². The smallest absolute Gasteiger partial charge is 0.408 e. The standard InChI is InChI=1S/C26H24N2O6/c1-16(25(30)31)34-28-24(29)23(17-9-3-2-4-10-17)27-26(32)33-15-22-20-13-7-5-11-18(20)19-12-6-8-14-21(19)22/h2-14,16,22-23H,15H2,1H3,(H,27,32)(H,28,29)(H,30,31)/t16?,23-/m0/s1. The van der Waals surface area contributed by atoms with Crippen LogP contribution in [0.3, 0.4) is 0 Å². The van der Waals surface area contributed by atoms with Crippen LogP contribution >= 0.6 is 0 Å². The molecule has 8 nitrogen and oxygen atoms in total. The maximum atomic E-state index is 12.7. The van der Waals surface area contributed by atoms with Gasteiger partial charge in [0.1, 0.15) is 12.6 Å². The number of hydrogen-bond donors (Lipinski definition) is 3. The minimum atomic E-state index is -1.25. The molecule has 0 aliphatic heterocycles. The van der Waals surface area contributed by atoms with Crippen LogP contribution in [0, 0.1) is 0 Å². The van der Waals surface area contributed by atoms with Crippen LogP contribution in [0.25, 0.3) is 11.1 Å². The number of carboxylic acids is 1. The fraction of sp³-hybridized carbons (Fsp3) is 0.192. The molecule has 1 unspecified atom stereocenters. The Morgan fingerprint density at radius 1 is 0.882 bits per heavy atom. The molecule has 34 heavy (non-hydrogen) atoms. The highest BCUT2D eigenvalue weighted by molar-refractivity contribution is 5.86. The van der Waals surface area contributed by atoms with Gasteiger partial charge in [0.15, 0.2) is 6.10 Å². The Labute approximate surface area is 196 Å². The van der Waals surface area contributed by atoms with E-state index in [4.69, 9.17) is 14.7 Å². The van der Waals surface area contributed by atoms with Gasteiger partial charge in [0.2, 0.25) is 0 Å². The summed E-state index contributed by atoms with van der Waals surface area (Å²) < 4.78 is 5.54. The SMILES string of the molecule is CC(ONC(=O)[C@@H](NC(=O)OCC1c2ccccc2-c2ccccc21)c1ccccc1)C(=O)O. The first-order valence-corrected chi connectivity index (χ1v) is 10.8. The van der Waals surface area contributed by atoms with Crippen LogP contribution in [0.15, 0.2) is 78.9 Å². The molecular weight excluding hydrogens is 436 g/mol. The Kier molecular flexibility index (Phi) is 6.89. The number of carboxylic acid groups (broad SMARTS) is 1. The summed E-state index contributed by atoms with van der Waals surface area (Å²) in [5.74, 6) is -2.09. The molecular formula is C26H24N2O6. The average Bonchev–Trinajstić information content (AvgIpc) is 3.18. The zero-order valence-electron chi connectivity index (χ0n) is 18.4. The number of carbonyl (C=O) groups is 3. The van der Waals surface area contributed by atoms with Crippen molar-refractivity contribution in [1.29, 1.82) is 0 Å². The molecule has 3 aromatic carbocycles. The topological polar surface area (TPSA) is 114 Å². The molecule has 0 saturated carbocycles. The lowest BCUT2D eigenvalue weighted by Gasteiger charge is -2.20. The molecule has 0 aromatic heterocycles. The number of alkyl carbamates (subject to hydrolysis) is 1. The monoisotopic (exact) mass is 460 g/mol. The molecule has 3 aromatic rings. The largest absolute Gasteiger partial charge is 0.479 e. The van der Waals surface area contributed by atoms with Gasteiger partial charge in [-0.3, -0.25) is 9.63 Å². The highest BCUT2D eigenvalue weighted by atomic mass is 16.7. The molecule has 0 spiro atoms. The van der Waals surface area contributed by atoms with Crippen LogP contribution in [-0.4, -0.2) is 35.8 Å². The summed E-state index contributed by atoms with van der Waals surface area (Å²) in [6, 6.07) is 23.4. The van der Waals surface area contributed by atoms with E-state index in [1.807, 2.05) is 48.5 Å². The van der Waals surface area contributed by atoms with Crippen molar-refractivity contribution in [2.75, 3.05) is 6.61 Å². The van der Waals surface area contributed by atoms with Gasteiger partial charge in [-0.1, -0.05) is 78.9 Å². The molecule has 3 N–H and O–H groups in total. The first kappa shape index (κ1) is 23.0. The highest BCUT2D eigenvalue weighted by Crippen LogP contribution is 2.44. The van der Waals surface area contributed by atoms with Gasteiger partial charge in [0.25, 0.3) is 5.91 Å². The number of aliphatic carboxylic acids is 1. The lowest BCUT2D eigenvalue weighted by Crippen LogP contribution is -2.42. The molecule has 174 valence electrons. The molecule has 4 rings (SSSR count). The second-order valence-corrected chi connectivity index (χ2v) is 7.88. The number of benzene rings is 3. The molecule has 2 amide bonds. The van der Waals surface area contributed by atoms with E-state index >= 15 is 0 Å². The number of ether oxygens (including phenoxy) is 1. The summed E-state index contributed by atoms with van der Waals surface area (Å²) in [5.41, 5.74) is 6.95. The first-order valence-electron chi connectivity index (χ1n) is 10.8. The minimum absolute atomic E-state index is 0.0928. The molecule has 0 radical (unpaired) electrons. The number of hydrogen-bond acceptors (Lipinski definition) is 5. The first-order chi connectivity index (χ1) is 16.5. The highest BCUT2D eigenvalue weighted by Gasteiger charge is 2.30. The van der Waals surface area contributed by atoms with Crippen molar-refractivity contribution in [2.24, 2.45) is 0 Å². The van der Waals surface area contributed by atoms with Crippen LogP contribution in [0.4, 0.5) is 4.79 Å². The summed E-state index contributed by atoms with van der Waals surface area (Å²) in [5, 5.41) is 11.5. The maximum absolute atomic E-state index is 12.7. The van der Waals surface area contributed by atoms with E-state index in [0.717, 1.165) is 22.3 Å². The fourth-order valence-corrected chi connectivity index (χ4v) is 3.96. The summed E-state index contributed by atoms with van der Waals surface area (Å²) in [6.07, 6.45) is -2.04. The molecule has 0 bridgehead atoms. The molecule has 8 heteroatoms. The second-order valence-electron chi connectivity index (χ2n) is 7.88. The van der Waals surface area contributed by atoms with E-state index in [0.29, 0.717) is 5.56 Å². The van der Waals surface area contributed by atoms with E-state index in [2.05, 4.69) is 10.8 Å². The zero-order valence-corrected chi connectivity index (χ0v) is 18.4. The van der Waals surface area contributed by atoms with E-state index < -0.39 is 30.1 Å². The lowest BCUT2D eigenvalue weighted by atomic mass is 9.98. The Hall–Kier alpha value is -4.17. The number of amides is 2. The summed E-state index contributed by atoms with van der Waals surface area (Å²) in [4.78, 5) is 41.2. The minimum Gasteiger partial charge on any atom is -0.479 e. The predicted octanol–water partition coefficient (Wildman–Crippen LogP) is 3.79. The molecule has 1 aliphatic carbocycles. The molecule has 0 saturated heterocycles. The Balaban J connectivity index is 1.45. The van der Waals surface area contributed by atoms with E-state index in [9.17, 15) is 14.4 Å². The average molecular weight is 460 g/mol. The van der Waals surface area contributed by atoms with Crippen molar-refractivity contribution in [3.05, 3.63) is 95.6 Å². The van der Waals surface area contributed by atoms with Gasteiger partial charge < -0.3 is 15.2 Å². The quantitative estimate of drug-likeness (QED) is 0.441. The number of nitrogens with one attached hydrogen (secondary N) is 2. The fourth-order valence-electron chi connectivity index (χ4n) is 3.96. The Morgan fingerprint density at radius 2 is 1.44 bits per heavy atom. The zero-order chi connectivity index (χ0) is 24.1. The summed E-state index contributed by atoms with van der Waals surface area (Å²) in [6.45, 7) is 1.37. The van der Waals surface area contributed by atoms with Gasteiger partial charge in [-0.05, 0) is 34.7 Å². The van der Waals surface area contributed by atoms with Gasteiger partial charge in [-0.25, -0.2) is 15.1 Å². The van der Waals surface area contributed by atoms with E-state index in [1.165, 1.54) is 6.92 Å². The molecule has 1 aliphatic rings. The summed E-state index contributed by atoms with van der Waals surface area (Å²) >= 11 is 0. The van der Waals surface area contributed by atoms with Gasteiger partial charge in [-0.15, -0.1) is 0 Å². The van der Waals surface area contributed by atoms with Gasteiger partial charge >= 0.3 is 12.1 Å².